The van der Waals surface area contributed by atoms with Crippen molar-refractivity contribution in [3.05, 3.63) is 58.7 Å². The van der Waals surface area contributed by atoms with Crippen LogP contribution in [0.2, 0.25) is 0 Å². The van der Waals surface area contributed by atoms with E-state index in [9.17, 15) is 9.90 Å². The average Bonchev–Trinajstić information content (AvgIpc) is 3.16. The molecule has 7 heteroatoms. The van der Waals surface area contributed by atoms with Crippen molar-refractivity contribution in [2.24, 2.45) is 0 Å². The molecule has 0 saturated carbocycles. The van der Waals surface area contributed by atoms with Crippen molar-refractivity contribution < 1.29 is 9.90 Å². The summed E-state index contributed by atoms with van der Waals surface area (Å²) in [5.41, 5.74) is 4.22. The van der Waals surface area contributed by atoms with Gasteiger partial charge in [0, 0.05) is 36.6 Å². The minimum atomic E-state index is -0.598. The summed E-state index contributed by atoms with van der Waals surface area (Å²) in [5.74, 6) is -0.166. The third-order valence-corrected chi connectivity index (χ3v) is 5.38. The van der Waals surface area contributed by atoms with Crippen LogP contribution in [0, 0.1) is 0 Å². The van der Waals surface area contributed by atoms with Crippen LogP contribution in [-0.2, 0) is 6.54 Å². The van der Waals surface area contributed by atoms with E-state index in [1.54, 1.807) is 23.6 Å². The molecule has 0 spiro atoms. The average molecular weight is 368 g/mol. The molecule has 2 atom stereocenters. The zero-order chi connectivity index (χ0) is 17.9. The van der Waals surface area contributed by atoms with Crippen molar-refractivity contribution in [3.63, 3.8) is 0 Å². The van der Waals surface area contributed by atoms with Gasteiger partial charge in [-0.15, -0.1) is 11.3 Å². The molecule has 1 aromatic carbocycles. The molecule has 6 nitrogen and oxygen atoms in total. The zero-order valence-electron chi connectivity index (χ0n) is 14.2. The molecule has 0 radical (unpaired) electrons. The van der Waals surface area contributed by atoms with Crippen LogP contribution in [0.1, 0.15) is 22.5 Å². The number of pyridine rings is 1. The number of carbonyl (C=O) groups excluding carboxylic acids is 1. The Bertz CT molecular complexity index is 894. The molecular formula is C19H20N4O2S. The van der Waals surface area contributed by atoms with Crippen LogP contribution in [0.25, 0.3) is 10.9 Å². The molecule has 3 heterocycles. The topological polar surface area (TPSA) is 78.4 Å². The first kappa shape index (κ1) is 17.1. The molecule has 0 aliphatic carbocycles. The van der Waals surface area contributed by atoms with Gasteiger partial charge in [-0.05, 0) is 18.6 Å². The SMILES string of the molecule is O=C(N[C@@H]1CCN(Cc2cscn2)C[C@H]1O)c1ccnc2ccccc12. The molecule has 2 N–H and O–H groups in total. The second kappa shape index (κ2) is 7.49. The first-order chi connectivity index (χ1) is 12.7. The number of nitrogens with zero attached hydrogens (tertiary/aromatic N) is 3. The number of β-amino-alcohol motifs (C(OH)–C–C–N with tert-alkyl or cyclic N) is 1. The molecule has 134 valence electrons. The summed E-state index contributed by atoms with van der Waals surface area (Å²) in [7, 11) is 0. The molecule has 4 rings (SSSR count). The van der Waals surface area contributed by atoms with Crippen molar-refractivity contribution in [2.45, 2.75) is 25.1 Å². The fourth-order valence-electron chi connectivity index (χ4n) is 3.39. The molecule has 1 amide bonds. The Morgan fingerprint density at radius 1 is 1.31 bits per heavy atom. The molecule has 3 aromatic rings. The number of piperidine rings is 1. The van der Waals surface area contributed by atoms with Crippen LogP contribution in [0.3, 0.4) is 0 Å². The summed E-state index contributed by atoms with van der Waals surface area (Å²) in [4.78, 5) is 23.5. The predicted molar refractivity (Wildman–Crippen MR) is 101 cm³/mol. The molecule has 1 aliphatic heterocycles. The molecule has 2 aromatic heterocycles. The van der Waals surface area contributed by atoms with E-state index in [0.29, 0.717) is 18.5 Å². The number of hydrogen-bond acceptors (Lipinski definition) is 6. The summed E-state index contributed by atoms with van der Waals surface area (Å²) in [6, 6.07) is 9.05. The van der Waals surface area contributed by atoms with Crippen molar-refractivity contribution in [2.75, 3.05) is 13.1 Å². The van der Waals surface area contributed by atoms with Crippen molar-refractivity contribution in [1.82, 2.24) is 20.2 Å². The first-order valence-electron chi connectivity index (χ1n) is 8.63. The lowest BCUT2D eigenvalue weighted by Gasteiger charge is -2.36. The number of amides is 1. The van der Waals surface area contributed by atoms with Crippen LogP contribution in [0.5, 0.6) is 0 Å². The van der Waals surface area contributed by atoms with Gasteiger partial charge < -0.3 is 10.4 Å². The number of aliphatic hydroxyl groups is 1. The summed E-state index contributed by atoms with van der Waals surface area (Å²) in [6.45, 7) is 2.08. The van der Waals surface area contributed by atoms with E-state index >= 15 is 0 Å². The van der Waals surface area contributed by atoms with Gasteiger partial charge in [-0.3, -0.25) is 14.7 Å². The Morgan fingerprint density at radius 2 is 2.19 bits per heavy atom. The number of benzene rings is 1. The highest BCUT2D eigenvalue weighted by Crippen LogP contribution is 2.18. The summed E-state index contributed by atoms with van der Waals surface area (Å²) >= 11 is 1.57. The highest BCUT2D eigenvalue weighted by atomic mass is 32.1. The molecule has 1 fully saturated rings. The zero-order valence-corrected chi connectivity index (χ0v) is 15.0. The Kier molecular flexibility index (Phi) is 4.92. The summed E-state index contributed by atoms with van der Waals surface area (Å²) in [5, 5.41) is 16.3. The molecule has 0 bridgehead atoms. The van der Waals surface area contributed by atoms with Crippen LogP contribution >= 0.6 is 11.3 Å². The van der Waals surface area contributed by atoms with Crippen LogP contribution < -0.4 is 5.32 Å². The number of likely N-dealkylation sites (tertiary alicyclic amines) is 1. The number of fused-ring (bicyclic) bond motifs is 1. The van der Waals surface area contributed by atoms with Crippen molar-refractivity contribution in [1.29, 1.82) is 0 Å². The maximum absolute atomic E-state index is 12.7. The Hall–Kier alpha value is -2.35. The van der Waals surface area contributed by atoms with Gasteiger partial charge >= 0.3 is 0 Å². The standard InChI is InChI=1S/C19H20N4O2S/c24-18-10-23(9-13-11-26-12-21-13)8-6-17(18)22-19(25)15-5-7-20-16-4-2-1-3-14(15)16/h1-5,7,11-12,17-18,24H,6,8-10H2,(H,22,25)/t17-,18-/m1/s1. The number of aromatic nitrogens is 2. The van der Waals surface area contributed by atoms with Crippen LogP contribution in [0.4, 0.5) is 0 Å². The molecular weight excluding hydrogens is 348 g/mol. The third-order valence-electron chi connectivity index (χ3n) is 4.75. The van der Waals surface area contributed by atoms with Gasteiger partial charge in [0.2, 0.25) is 0 Å². The van der Waals surface area contributed by atoms with E-state index in [0.717, 1.165) is 29.7 Å². The van der Waals surface area contributed by atoms with E-state index in [1.807, 2.05) is 35.2 Å². The largest absolute Gasteiger partial charge is 0.390 e. The smallest absolute Gasteiger partial charge is 0.252 e. The highest BCUT2D eigenvalue weighted by molar-refractivity contribution is 7.07. The Morgan fingerprint density at radius 3 is 3.00 bits per heavy atom. The quantitative estimate of drug-likeness (QED) is 0.737. The van der Waals surface area contributed by atoms with E-state index in [2.05, 4.69) is 20.2 Å². The lowest BCUT2D eigenvalue weighted by Crippen LogP contribution is -2.53. The van der Waals surface area contributed by atoms with E-state index in [-0.39, 0.29) is 11.9 Å². The summed E-state index contributed by atoms with van der Waals surface area (Å²) in [6.07, 6.45) is 1.75. The fraction of sp³-hybridized carbons (Fsp3) is 0.316. The maximum Gasteiger partial charge on any atom is 0.252 e. The molecule has 1 aliphatic rings. The maximum atomic E-state index is 12.7. The molecule has 1 saturated heterocycles. The number of aliphatic hydroxyl groups excluding tert-OH is 1. The van der Waals surface area contributed by atoms with Gasteiger partial charge in [-0.25, -0.2) is 4.98 Å². The number of hydrogen-bond donors (Lipinski definition) is 2. The van der Waals surface area contributed by atoms with E-state index in [1.165, 1.54) is 0 Å². The lowest BCUT2D eigenvalue weighted by molar-refractivity contribution is 0.0346. The van der Waals surface area contributed by atoms with Crippen LogP contribution in [-0.4, -0.2) is 51.1 Å². The van der Waals surface area contributed by atoms with Gasteiger partial charge in [0.05, 0.1) is 34.4 Å². The van der Waals surface area contributed by atoms with Crippen molar-refractivity contribution >= 4 is 28.1 Å². The number of para-hydroxylation sites is 1. The van der Waals surface area contributed by atoms with Gasteiger partial charge in [0.25, 0.3) is 5.91 Å². The first-order valence-corrected chi connectivity index (χ1v) is 9.57. The minimum absolute atomic E-state index is 0.166. The van der Waals surface area contributed by atoms with E-state index < -0.39 is 6.10 Å². The Labute approximate surface area is 155 Å². The second-order valence-corrected chi connectivity index (χ2v) is 7.25. The summed E-state index contributed by atoms with van der Waals surface area (Å²) < 4.78 is 0. The fourth-order valence-corrected chi connectivity index (χ4v) is 3.94. The lowest BCUT2D eigenvalue weighted by atomic mass is 10.0. The molecule has 26 heavy (non-hydrogen) atoms. The van der Waals surface area contributed by atoms with Crippen LogP contribution in [0.15, 0.2) is 47.4 Å². The minimum Gasteiger partial charge on any atom is -0.390 e. The number of nitrogens with one attached hydrogen (secondary N) is 1. The highest BCUT2D eigenvalue weighted by Gasteiger charge is 2.29. The predicted octanol–water partition coefficient (Wildman–Crippen LogP) is 2.06. The van der Waals surface area contributed by atoms with Gasteiger partial charge in [-0.2, -0.15) is 0 Å². The second-order valence-electron chi connectivity index (χ2n) is 6.53. The number of rotatable bonds is 4. The van der Waals surface area contributed by atoms with Crippen molar-refractivity contribution in [3.8, 4) is 0 Å². The monoisotopic (exact) mass is 368 g/mol. The Balaban J connectivity index is 1.42. The normalized spacial score (nSPS) is 21.0. The number of carbonyl (C=O) groups is 1. The van der Waals surface area contributed by atoms with Gasteiger partial charge in [0.1, 0.15) is 0 Å². The third kappa shape index (κ3) is 3.60. The van der Waals surface area contributed by atoms with Gasteiger partial charge in [0.15, 0.2) is 0 Å². The number of thiazole rings is 1. The molecule has 0 unspecified atom stereocenters. The van der Waals surface area contributed by atoms with Gasteiger partial charge in [-0.1, -0.05) is 18.2 Å². The van der Waals surface area contributed by atoms with E-state index in [4.69, 9.17) is 0 Å².